The van der Waals surface area contributed by atoms with E-state index in [1.807, 2.05) is 30.3 Å². The van der Waals surface area contributed by atoms with Crippen molar-refractivity contribution in [3.63, 3.8) is 0 Å². The van der Waals surface area contributed by atoms with Gasteiger partial charge in [-0.2, -0.15) is 0 Å². The van der Waals surface area contributed by atoms with E-state index in [1.165, 1.54) is 19.4 Å². The molecule has 0 fully saturated rings. The minimum Gasteiger partial charge on any atom is -0.493 e. The summed E-state index contributed by atoms with van der Waals surface area (Å²) in [7, 11) is 1.47. The number of methoxy groups -OCH3 is 1. The molecule has 0 amide bonds. The minimum absolute atomic E-state index is 0.205. The minimum atomic E-state index is -0.538. The Kier molecular flexibility index (Phi) is 6.73. The number of hydrogen-bond donors (Lipinski definition) is 0. The van der Waals surface area contributed by atoms with Gasteiger partial charge in [0.2, 0.25) is 0 Å². The van der Waals surface area contributed by atoms with Gasteiger partial charge in [-0.3, -0.25) is 4.98 Å². The van der Waals surface area contributed by atoms with Crippen molar-refractivity contribution in [2.75, 3.05) is 7.11 Å². The van der Waals surface area contributed by atoms with Crippen molar-refractivity contribution in [2.45, 2.75) is 6.61 Å². The van der Waals surface area contributed by atoms with Crippen LogP contribution in [-0.4, -0.2) is 24.0 Å². The summed E-state index contributed by atoms with van der Waals surface area (Å²) in [6.45, 7) is 0.205. The second kappa shape index (κ2) is 9.85. The van der Waals surface area contributed by atoms with Gasteiger partial charge in [-0.05, 0) is 41.5 Å². The molecule has 6 nitrogen and oxygen atoms in total. The summed E-state index contributed by atoms with van der Waals surface area (Å²) in [5, 5.41) is 0. The van der Waals surface area contributed by atoms with Crippen molar-refractivity contribution in [1.29, 1.82) is 0 Å². The number of ether oxygens (including phenoxy) is 3. The molecule has 1 aromatic heterocycles. The fourth-order valence-electron chi connectivity index (χ4n) is 2.46. The van der Waals surface area contributed by atoms with Crippen LogP contribution < -0.4 is 9.47 Å². The summed E-state index contributed by atoms with van der Waals surface area (Å²) < 4.78 is 15.9. The highest BCUT2D eigenvalue weighted by Crippen LogP contribution is 2.29. The average Bonchev–Trinajstić information content (AvgIpc) is 2.78. The smallest absolute Gasteiger partial charge is 0.345 e. The normalized spacial score (nSPS) is 10.5. The molecular weight excluding hydrogens is 370 g/mol. The Balaban J connectivity index is 1.62. The van der Waals surface area contributed by atoms with E-state index in [0.29, 0.717) is 16.9 Å². The van der Waals surface area contributed by atoms with Crippen molar-refractivity contribution in [3.8, 4) is 11.5 Å². The molecule has 0 saturated carbocycles. The van der Waals surface area contributed by atoms with Crippen molar-refractivity contribution in [1.82, 2.24) is 4.98 Å². The fourth-order valence-corrected chi connectivity index (χ4v) is 2.46. The Hall–Kier alpha value is -3.93. The number of benzene rings is 2. The summed E-state index contributed by atoms with van der Waals surface area (Å²) in [6, 6.07) is 17.7. The fraction of sp³-hybridized carbons (Fsp3) is 0.0870. The lowest BCUT2D eigenvalue weighted by Gasteiger charge is -2.10. The number of aromatic nitrogens is 1. The summed E-state index contributed by atoms with van der Waals surface area (Å²) in [5.74, 6) is -0.365. The molecule has 29 heavy (non-hydrogen) atoms. The number of carbonyl (C=O) groups excluding carboxylic acids is 2. The molecule has 0 bridgehead atoms. The van der Waals surface area contributed by atoms with Gasteiger partial charge in [0, 0.05) is 18.5 Å². The molecule has 3 rings (SSSR count). The van der Waals surface area contributed by atoms with Crippen molar-refractivity contribution in [2.24, 2.45) is 0 Å². The highest BCUT2D eigenvalue weighted by Gasteiger charge is 2.12. The maximum atomic E-state index is 12.2. The second-order valence-corrected chi connectivity index (χ2v) is 5.97. The molecule has 0 aliphatic rings. The summed E-state index contributed by atoms with van der Waals surface area (Å²) >= 11 is 0. The van der Waals surface area contributed by atoms with Crippen molar-refractivity contribution < 1.29 is 23.8 Å². The molecule has 0 aliphatic carbocycles. The summed E-state index contributed by atoms with van der Waals surface area (Å²) in [4.78, 5) is 28.0. The highest BCUT2D eigenvalue weighted by molar-refractivity contribution is 5.91. The molecule has 0 unspecified atom stereocenters. The molecule has 146 valence electrons. The molecule has 2 aromatic carbocycles. The van der Waals surface area contributed by atoms with Crippen LogP contribution in [0.3, 0.4) is 0 Å². The highest BCUT2D eigenvalue weighted by atomic mass is 16.6. The van der Waals surface area contributed by atoms with Crippen LogP contribution in [0.4, 0.5) is 0 Å². The van der Waals surface area contributed by atoms with Crippen molar-refractivity contribution in [3.05, 3.63) is 95.8 Å². The lowest BCUT2D eigenvalue weighted by atomic mass is 10.2. The molecular formula is C23H19NO5. The first-order chi connectivity index (χ1) is 14.2. The summed E-state index contributed by atoms with van der Waals surface area (Å²) in [5.41, 5.74) is 1.94. The lowest BCUT2D eigenvalue weighted by Crippen LogP contribution is -2.09. The van der Waals surface area contributed by atoms with E-state index >= 15 is 0 Å². The van der Waals surface area contributed by atoms with E-state index < -0.39 is 11.9 Å². The monoisotopic (exact) mass is 389 g/mol. The molecule has 0 saturated heterocycles. The molecule has 0 spiro atoms. The van der Waals surface area contributed by atoms with Gasteiger partial charge in [0.1, 0.15) is 6.61 Å². The third-order valence-corrected chi connectivity index (χ3v) is 3.92. The molecule has 6 heteroatoms. The Labute approximate surface area is 168 Å². The topological polar surface area (TPSA) is 74.7 Å². The molecule has 1 heterocycles. The van der Waals surface area contributed by atoms with Crippen LogP contribution in [0.25, 0.3) is 6.08 Å². The van der Waals surface area contributed by atoms with Gasteiger partial charge in [0.05, 0.1) is 12.7 Å². The van der Waals surface area contributed by atoms with E-state index in [4.69, 9.17) is 14.2 Å². The SMILES string of the molecule is COc1cc(/C=C\C(=O)OCc2ccccc2)ccc1OC(=O)c1cccnc1. The maximum Gasteiger partial charge on any atom is 0.345 e. The molecule has 0 radical (unpaired) electrons. The van der Waals surface area contributed by atoms with Gasteiger partial charge in [0.25, 0.3) is 0 Å². The molecule has 0 aliphatic heterocycles. The van der Waals surface area contributed by atoms with E-state index in [-0.39, 0.29) is 12.4 Å². The molecule has 0 N–H and O–H groups in total. The quantitative estimate of drug-likeness (QED) is 0.345. The van der Waals surface area contributed by atoms with Crippen LogP contribution in [0.1, 0.15) is 21.5 Å². The Bertz CT molecular complexity index is 1000. The van der Waals surface area contributed by atoms with Crippen LogP contribution in [0, 0.1) is 0 Å². The van der Waals surface area contributed by atoms with Gasteiger partial charge in [-0.15, -0.1) is 0 Å². The average molecular weight is 389 g/mol. The number of hydrogen-bond acceptors (Lipinski definition) is 6. The Morgan fingerprint density at radius 1 is 1.00 bits per heavy atom. The van der Waals surface area contributed by atoms with Gasteiger partial charge in [-0.25, -0.2) is 9.59 Å². The van der Waals surface area contributed by atoms with Crippen LogP contribution >= 0.6 is 0 Å². The van der Waals surface area contributed by atoms with Crippen LogP contribution in [0.15, 0.2) is 79.1 Å². The van der Waals surface area contributed by atoms with Gasteiger partial charge in [-0.1, -0.05) is 36.4 Å². The van der Waals surface area contributed by atoms with Gasteiger partial charge in [0.15, 0.2) is 11.5 Å². The predicted octanol–water partition coefficient (Wildman–Crippen LogP) is 4.07. The number of esters is 2. The second-order valence-electron chi connectivity index (χ2n) is 5.97. The Morgan fingerprint density at radius 2 is 1.83 bits per heavy atom. The first-order valence-corrected chi connectivity index (χ1v) is 8.85. The van der Waals surface area contributed by atoms with Crippen molar-refractivity contribution >= 4 is 18.0 Å². The standard InChI is InChI=1S/C23H19NO5/c1-27-21-14-17(10-12-22(25)28-16-18-6-3-2-4-7-18)9-11-20(21)29-23(26)19-8-5-13-24-15-19/h2-15H,16H2,1H3/b12-10-. The lowest BCUT2D eigenvalue weighted by molar-refractivity contribution is -0.138. The zero-order valence-corrected chi connectivity index (χ0v) is 15.8. The first kappa shape index (κ1) is 19.8. The van der Waals surface area contributed by atoms with Gasteiger partial charge >= 0.3 is 11.9 Å². The van der Waals surface area contributed by atoms with Crippen LogP contribution in [0.2, 0.25) is 0 Å². The first-order valence-electron chi connectivity index (χ1n) is 8.85. The molecule has 0 atom stereocenters. The van der Waals surface area contributed by atoms with E-state index in [1.54, 1.807) is 42.6 Å². The Morgan fingerprint density at radius 3 is 2.55 bits per heavy atom. The number of nitrogens with zero attached hydrogens (tertiary/aromatic N) is 1. The van der Waals surface area contributed by atoms with Crippen LogP contribution in [0.5, 0.6) is 11.5 Å². The van der Waals surface area contributed by atoms with E-state index in [2.05, 4.69) is 4.98 Å². The number of carbonyl (C=O) groups is 2. The van der Waals surface area contributed by atoms with Gasteiger partial charge < -0.3 is 14.2 Å². The molecule has 3 aromatic rings. The number of rotatable bonds is 7. The number of pyridine rings is 1. The van der Waals surface area contributed by atoms with E-state index in [0.717, 1.165) is 5.56 Å². The van der Waals surface area contributed by atoms with Crippen LogP contribution in [-0.2, 0) is 16.1 Å². The zero-order chi connectivity index (χ0) is 20.5. The maximum absolute atomic E-state index is 12.2. The largest absolute Gasteiger partial charge is 0.493 e. The zero-order valence-electron chi connectivity index (χ0n) is 15.8. The summed E-state index contributed by atoms with van der Waals surface area (Å²) in [6.07, 6.45) is 5.93. The predicted molar refractivity (Wildman–Crippen MR) is 107 cm³/mol. The third kappa shape index (κ3) is 5.77. The third-order valence-electron chi connectivity index (χ3n) is 3.92. The van der Waals surface area contributed by atoms with E-state index in [9.17, 15) is 9.59 Å².